The summed E-state index contributed by atoms with van der Waals surface area (Å²) in [7, 11) is 0. The van der Waals surface area contributed by atoms with Gasteiger partial charge in [0, 0.05) is 0 Å². The molecule has 1 rings (SSSR count). The van der Waals surface area contributed by atoms with Gasteiger partial charge in [0.2, 0.25) is 0 Å². The molecule has 0 aliphatic carbocycles. The van der Waals surface area contributed by atoms with E-state index in [-0.39, 0.29) is 6.92 Å². The Hall–Kier alpha value is -1.31. The van der Waals surface area contributed by atoms with Crippen LogP contribution in [0.15, 0.2) is 18.2 Å². The van der Waals surface area contributed by atoms with Crippen LogP contribution in [0.2, 0.25) is 6.82 Å². The minimum Gasteiger partial charge on any atom is -0.423 e. The predicted octanol–water partition coefficient (Wildman–Crippen LogP) is 2.26. The monoisotopic (exact) mass is 259 g/mol. The fraction of sp³-hybridized carbons (Fsp3) is 0.533. The average molecular weight is 259 g/mol. The Balaban J connectivity index is 2.94. The first-order valence-corrected chi connectivity index (χ1v) is 6.49. The van der Waals surface area contributed by atoms with Crippen LogP contribution >= 0.6 is 0 Å². The number of benzene rings is 1. The summed E-state index contributed by atoms with van der Waals surface area (Å²) in [5.41, 5.74) is 1.04. The van der Waals surface area contributed by atoms with E-state index in [0.717, 1.165) is 11.0 Å². The van der Waals surface area contributed by atoms with Crippen molar-refractivity contribution in [2.45, 2.75) is 52.6 Å². The summed E-state index contributed by atoms with van der Waals surface area (Å²) in [4.78, 5) is 0. The van der Waals surface area contributed by atoms with E-state index in [9.17, 15) is 5.11 Å². The molecule has 1 aromatic carbocycles. The van der Waals surface area contributed by atoms with Gasteiger partial charge < -0.3 is 9.76 Å². The second kappa shape index (κ2) is 5.36. The Morgan fingerprint density at radius 1 is 1.26 bits per heavy atom. The Bertz CT molecular complexity index is 498. The van der Waals surface area contributed by atoms with Gasteiger partial charge in [0.05, 0.1) is 22.8 Å². The van der Waals surface area contributed by atoms with Crippen molar-refractivity contribution in [3.63, 3.8) is 0 Å². The molecule has 3 nitrogen and oxygen atoms in total. The number of aliphatic hydroxyl groups is 1. The van der Waals surface area contributed by atoms with E-state index in [0.29, 0.717) is 5.56 Å². The number of hydrogen-bond acceptors (Lipinski definition) is 3. The van der Waals surface area contributed by atoms with Crippen molar-refractivity contribution < 1.29 is 9.76 Å². The van der Waals surface area contributed by atoms with E-state index < -0.39 is 11.2 Å². The average Bonchev–Trinajstić information content (AvgIpc) is 2.26. The van der Waals surface area contributed by atoms with E-state index in [1.807, 2.05) is 45.8 Å². The van der Waals surface area contributed by atoms with Gasteiger partial charge in [-0.2, -0.15) is 5.26 Å². The quantitative estimate of drug-likeness (QED) is 0.844. The number of nitrogens with zero attached hydrogens (tertiary/aromatic N) is 1. The van der Waals surface area contributed by atoms with Gasteiger partial charge in [0.25, 0.3) is 0 Å². The van der Waals surface area contributed by atoms with Gasteiger partial charge in [-0.15, -0.1) is 0 Å². The second-order valence-electron chi connectivity index (χ2n) is 6.02. The summed E-state index contributed by atoms with van der Waals surface area (Å²) in [6, 6.07) is 7.82. The maximum atomic E-state index is 10.1. The van der Waals surface area contributed by atoms with Crippen molar-refractivity contribution in [1.29, 1.82) is 5.26 Å². The summed E-state index contributed by atoms with van der Waals surface area (Å²) >= 11 is 0. The topological polar surface area (TPSA) is 53.2 Å². The Morgan fingerprint density at radius 3 is 2.26 bits per heavy atom. The Morgan fingerprint density at radius 2 is 1.84 bits per heavy atom. The van der Waals surface area contributed by atoms with Gasteiger partial charge in [-0.1, -0.05) is 19.0 Å². The first-order chi connectivity index (χ1) is 8.58. The predicted molar refractivity (Wildman–Crippen MR) is 78.6 cm³/mol. The van der Waals surface area contributed by atoms with Crippen molar-refractivity contribution >= 4 is 12.4 Å². The number of nitriles is 1. The van der Waals surface area contributed by atoms with Crippen molar-refractivity contribution in [2.75, 3.05) is 0 Å². The van der Waals surface area contributed by atoms with Gasteiger partial charge in [-0.05, 0) is 51.7 Å². The van der Waals surface area contributed by atoms with Crippen LogP contribution in [0.3, 0.4) is 0 Å². The van der Waals surface area contributed by atoms with Crippen LogP contribution in [0, 0.1) is 18.3 Å². The molecule has 1 N–H and O–H groups in total. The highest BCUT2D eigenvalue weighted by atomic mass is 16.5. The maximum absolute atomic E-state index is 10.1. The third kappa shape index (κ3) is 3.59. The highest BCUT2D eigenvalue weighted by Gasteiger charge is 2.38. The Labute approximate surface area is 116 Å². The molecule has 0 fully saturated rings. The van der Waals surface area contributed by atoms with Gasteiger partial charge in [-0.25, -0.2) is 0 Å². The van der Waals surface area contributed by atoms with Crippen LogP contribution in [0.25, 0.3) is 0 Å². The Kier molecular flexibility index (Phi) is 4.44. The summed E-state index contributed by atoms with van der Waals surface area (Å²) in [6.45, 7) is 10.9. The van der Waals surface area contributed by atoms with Crippen LogP contribution in [0.1, 0.15) is 38.8 Å². The van der Waals surface area contributed by atoms with Crippen molar-refractivity contribution in [3.8, 4) is 6.07 Å². The molecule has 1 aromatic rings. The van der Waals surface area contributed by atoms with Gasteiger partial charge in [0.1, 0.15) is 0 Å². The molecule has 0 saturated heterocycles. The molecular formula is C15H22BNO2. The second-order valence-corrected chi connectivity index (χ2v) is 6.02. The zero-order valence-corrected chi connectivity index (χ0v) is 12.6. The largest absolute Gasteiger partial charge is 0.423 e. The number of aryl methyl sites for hydroxylation is 1. The zero-order valence-electron chi connectivity index (χ0n) is 12.6. The molecule has 0 unspecified atom stereocenters. The fourth-order valence-corrected chi connectivity index (χ4v) is 1.72. The summed E-state index contributed by atoms with van der Waals surface area (Å²) in [5, 5.41) is 19.0. The number of hydrogen-bond donors (Lipinski definition) is 1. The molecule has 4 heteroatoms. The lowest BCUT2D eigenvalue weighted by molar-refractivity contribution is -0.0918. The van der Waals surface area contributed by atoms with Crippen LogP contribution in [0.5, 0.6) is 0 Å². The molecule has 0 heterocycles. The number of rotatable bonds is 4. The molecule has 19 heavy (non-hydrogen) atoms. The highest BCUT2D eigenvalue weighted by molar-refractivity contribution is 6.66. The third-order valence-corrected chi connectivity index (χ3v) is 3.79. The van der Waals surface area contributed by atoms with Crippen LogP contribution < -0.4 is 5.46 Å². The smallest absolute Gasteiger partial charge is 0.324 e. The third-order valence-electron chi connectivity index (χ3n) is 3.79. The highest BCUT2D eigenvalue weighted by Crippen LogP contribution is 2.25. The van der Waals surface area contributed by atoms with E-state index in [1.165, 1.54) is 0 Å². The molecule has 0 aliphatic rings. The molecule has 102 valence electrons. The van der Waals surface area contributed by atoms with Gasteiger partial charge >= 0.3 is 6.92 Å². The molecular weight excluding hydrogens is 237 g/mol. The molecule has 0 atom stereocenters. The molecule has 0 radical (unpaired) electrons. The van der Waals surface area contributed by atoms with E-state index >= 15 is 0 Å². The van der Waals surface area contributed by atoms with Crippen LogP contribution in [-0.2, 0) is 4.65 Å². The van der Waals surface area contributed by atoms with E-state index in [1.54, 1.807) is 13.8 Å². The van der Waals surface area contributed by atoms with Gasteiger partial charge in [-0.3, -0.25) is 0 Å². The summed E-state index contributed by atoms with van der Waals surface area (Å²) < 4.78 is 5.98. The normalized spacial score (nSPS) is 12.1. The first-order valence-electron chi connectivity index (χ1n) is 6.49. The van der Waals surface area contributed by atoms with Gasteiger partial charge in [0.15, 0.2) is 0 Å². The first kappa shape index (κ1) is 15.8. The molecule has 0 saturated carbocycles. The SMILES string of the molecule is CB(OC(C)(C)C(C)(C)O)c1ccc(C#N)c(C)c1. The van der Waals surface area contributed by atoms with E-state index in [2.05, 4.69) is 6.07 Å². The lowest BCUT2D eigenvalue weighted by atomic mass is 9.62. The maximum Gasteiger partial charge on any atom is 0.324 e. The lowest BCUT2D eigenvalue weighted by Crippen LogP contribution is -2.52. The fourth-order valence-electron chi connectivity index (χ4n) is 1.72. The molecule has 0 aromatic heterocycles. The lowest BCUT2D eigenvalue weighted by Gasteiger charge is -2.39. The molecule has 0 spiro atoms. The minimum atomic E-state index is -0.928. The summed E-state index contributed by atoms with van der Waals surface area (Å²) in [5.74, 6) is 0. The van der Waals surface area contributed by atoms with Crippen LogP contribution in [-0.4, -0.2) is 23.2 Å². The van der Waals surface area contributed by atoms with E-state index in [4.69, 9.17) is 9.92 Å². The molecule has 0 aliphatic heterocycles. The molecule has 0 amide bonds. The zero-order chi connectivity index (χ0) is 14.8. The minimum absolute atomic E-state index is 0.145. The van der Waals surface area contributed by atoms with Crippen molar-refractivity contribution in [3.05, 3.63) is 29.3 Å². The van der Waals surface area contributed by atoms with Crippen molar-refractivity contribution in [1.82, 2.24) is 0 Å². The van der Waals surface area contributed by atoms with Crippen molar-refractivity contribution in [2.24, 2.45) is 0 Å². The summed E-state index contributed by atoms with van der Waals surface area (Å²) in [6.07, 6.45) is 0. The molecule has 0 bridgehead atoms. The van der Waals surface area contributed by atoms with Crippen LogP contribution in [0.4, 0.5) is 0 Å². The standard InChI is InChI=1S/C15H22BNO2/c1-11-9-13(8-7-12(11)10-17)16(6)19-15(4,5)14(2,3)18/h7-9,18H,1-6H3.